The molecule has 1 aliphatic heterocycles. The van der Waals surface area contributed by atoms with E-state index in [1.807, 2.05) is 112 Å². The smallest absolute Gasteiger partial charge is 0.291 e. The van der Waals surface area contributed by atoms with Crippen molar-refractivity contribution in [3.05, 3.63) is 146 Å². The molecule has 5 nitrogen and oxygen atoms in total. The highest BCUT2D eigenvalue weighted by atomic mass is 16.5. The van der Waals surface area contributed by atoms with E-state index in [0.29, 0.717) is 35.4 Å². The number of hydrogen-bond donors (Lipinski definition) is 0. The number of nitrogens with zero attached hydrogens (tertiary/aromatic N) is 1. The molecule has 4 aromatic carbocycles. The molecule has 1 unspecified atom stereocenters. The van der Waals surface area contributed by atoms with Crippen LogP contribution in [0.2, 0.25) is 0 Å². The van der Waals surface area contributed by atoms with Crippen LogP contribution in [0.4, 0.5) is 0 Å². The zero-order valence-electron chi connectivity index (χ0n) is 22.2. The Morgan fingerprint density at radius 1 is 0.795 bits per heavy atom. The number of amides is 1. The second kappa shape index (κ2) is 9.91. The summed E-state index contributed by atoms with van der Waals surface area (Å²) in [7, 11) is 0. The first-order valence-electron chi connectivity index (χ1n) is 13.1. The molecule has 0 saturated carbocycles. The number of fused-ring (bicyclic) bond motifs is 2. The highest BCUT2D eigenvalue weighted by Gasteiger charge is 2.42. The maximum Gasteiger partial charge on any atom is 0.291 e. The third kappa shape index (κ3) is 4.61. The average Bonchev–Trinajstić information content (AvgIpc) is 3.22. The lowest BCUT2D eigenvalue weighted by Gasteiger charge is -2.25. The first kappa shape index (κ1) is 24.7. The Morgan fingerprint density at radius 2 is 1.54 bits per heavy atom. The third-order valence-corrected chi connectivity index (χ3v) is 7.48. The van der Waals surface area contributed by atoms with Gasteiger partial charge in [0.1, 0.15) is 17.9 Å². The van der Waals surface area contributed by atoms with E-state index in [-0.39, 0.29) is 17.1 Å². The van der Waals surface area contributed by atoms with Gasteiger partial charge in [-0.25, -0.2) is 0 Å². The molecule has 5 heteroatoms. The molecule has 0 bridgehead atoms. The van der Waals surface area contributed by atoms with E-state index < -0.39 is 6.04 Å². The molecule has 0 aliphatic carbocycles. The summed E-state index contributed by atoms with van der Waals surface area (Å²) < 4.78 is 12.3. The fraction of sp³-hybridized carbons (Fsp3) is 0.176. The van der Waals surface area contributed by atoms with Gasteiger partial charge < -0.3 is 14.1 Å². The van der Waals surface area contributed by atoms with Gasteiger partial charge in [-0.05, 0) is 72.9 Å². The zero-order valence-corrected chi connectivity index (χ0v) is 22.2. The summed E-state index contributed by atoms with van der Waals surface area (Å²) in [4.78, 5) is 29.6. The molecule has 0 radical (unpaired) electrons. The summed E-state index contributed by atoms with van der Waals surface area (Å²) in [6.07, 6.45) is 0. The lowest BCUT2D eigenvalue weighted by atomic mass is 9.97. The molecular formula is C34H29NO4. The first-order chi connectivity index (χ1) is 18.9. The molecule has 194 valence electrons. The number of hydrogen-bond acceptors (Lipinski definition) is 4. The van der Waals surface area contributed by atoms with Crippen molar-refractivity contribution in [1.29, 1.82) is 0 Å². The summed E-state index contributed by atoms with van der Waals surface area (Å²) in [6.45, 7) is 6.74. The van der Waals surface area contributed by atoms with Gasteiger partial charge in [-0.1, -0.05) is 72.3 Å². The predicted octanol–water partition coefficient (Wildman–Crippen LogP) is 7.04. The molecule has 1 atom stereocenters. The second-order valence-electron chi connectivity index (χ2n) is 10.3. The molecule has 39 heavy (non-hydrogen) atoms. The van der Waals surface area contributed by atoms with E-state index in [9.17, 15) is 9.59 Å². The van der Waals surface area contributed by atoms with Gasteiger partial charge >= 0.3 is 0 Å². The highest BCUT2D eigenvalue weighted by Crippen LogP contribution is 2.40. The van der Waals surface area contributed by atoms with Gasteiger partial charge in [0.05, 0.1) is 17.0 Å². The van der Waals surface area contributed by atoms with Crippen LogP contribution in [0.15, 0.2) is 100 Å². The van der Waals surface area contributed by atoms with Crippen LogP contribution in [0.5, 0.6) is 5.75 Å². The summed E-state index contributed by atoms with van der Waals surface area (Å²) in [5, 5.41) is 0.489. The Bertz CT molecular complexity index is 1750. The van der Waals surface area contributed by atoms with Gasteiger partial charge in [-0.2, -0.15) is 0 Å². The number of aryl methyl sites for hydroxylation is 3. The topological polar surface area (TPSA) is 59.8 Å². The van der Waals surface area contributed by atoms with Crippen LogP contribution in [0.3, 0.4) is 0 Å². The lowest BCUT2D eigenvalue weighted by Crippen LogP contribution is -2.29. The van der Waals surface area contributed by atoms with Gasteiger partial charge in [0.15, 0.2) is 5.43 Å². The summed E-state index contributed by atoms with van der Waals surface area (Å²) >= 11 is 0. The monoisotopic (exact) mass is 515 g/mol. The molecule has 1 aliphatic rings. The first-order valence-corrected chi connectivity index (χ1v) is 13.1. The van der Waals surface area contributed by atoms with E-state index in [4.69, 9.17) is 9.15 Å². The minimum Gasteiger partial charge on any atom is -0.489 e. The largest absolute Gasteiger partial charge is 0.489 e. The number of benzene rings is 4. The predicted molar refractivity (Wildman–Crippen MR) is 152 cm³/mol. The number of carbonyl (C=O) groups excluding carboxylic acids is 1. The Hall–Kier alpha value is -4.64. The van der Waals surface area contributed by atoms with E-state index >= 15 is 0 Å². The lowest BCUT2D eigenvalue weighted by molar-refractivity contribution is 0.0714. The zero-order chi connectivity index (χ0) is 27.1. The SMILES string of the molecule is Cc1ccc(CN2C(=O)c3oc4cc(C)c(C)cc4c(=O)c3C2c2cccc(OCc3ccccc3)c2)cc1. The van der Waals surface area contributed by atoms with Crippen LogP contribution in [0, 0.1) is 20.8 Å². The normalized spacial score (nSPS) is 14.6. The summed E-state index contributed by atoms with van der Waals surface area (Å²) in [5.74, 6) is 0.496. The third-order valence-electron chi connectivity index (χ3n) is 7.48. The Morgan fingerprint density at radius 3 is 2.31 bits per heavy atom. The van der Waals surface area contributed by atoms with Crippen molar-refractivity contribution in [3.63, 3.8) is 0 Å². The number of ether oxygens (including phenoxy) is 1. The molecule has 0 fully saturated rings. The second-order valence-corrected chi connectivity index (χ2v) is 10.3. The molecule has 2 heterocycles. The number of carbonyl (C=O) groups is 1. The van der Waals surface area contributed by atoms with Gasteiger partial charge in [-0.3, -0.25) is 9.59 Å². The van der Waals surface area contributed by atoms with Crippen LogP contribution in [0.25, 0.3) is 11.0 Å². The number of rotatable bonds is 6. The molecule has 1 aromatic heterocycles. The molecule has 6 rings (SSSR count). The van der Waals surface area contributed by atoms with Crippen molar-refractivity contribution < 1.29 is 13.9 Å². The van der Waals surface area contributed by atoms with Crippen LogP contribution in [-0.4, -0.2) is 10.8 Å². The highest BCUT2D eigenvalue weighted by molar-refractivity contribution is 5.99. The minimum absolute atomic E-state index is 0.114. The van der Waals surface area contributed by atoms with E-state index in [2.05, 4.69) is 0 Å². The van der Waals surface area contributed by atoms with E-state index in [0.717, 1.165) is 33.4 Å². The van der Waals surface area contributed by atoms with Crippen molar-refractivity contribution >= 4 is 16.9 Å². The van der Waals surface area contributed by atoms with Crippen molar-refractivity contribution in [2.75, 3.05) is 0 Å². The maximum absolute atomic E-state index is 14.0. The van der Waals surface area contributed by atoms with Crippen molar-refractivity contribution in [3.8, 4) is 5.75 Å². The van der Waals surface area contributed by atoms with Crippen molar-refractivity contribution in [2.24, 2.45) is 0 Å². The Balaban J connectivity index is 1.46. The molecule has 0 spiro atoms. The summed E-state index contributed by atoms with van der Waals surface area (Å²) in [6, 6.07) is 28.8. The van der Waals surface area contributed by atoms with Gasteiger partial charge in [-0.15, -0.1) is 0 Å². The van der Waals surface area contributed by atoms with Crippen LogP contribution in [0.1, 0.15) is 55.5 Å². The maximum atomic E-state index is 14.0. The molecule has 1 amide bonds. The summed E-state index contributed by atoms with van der Waals surface area (Å²) in [5.41, 5.74) is 6.63. The fourth-order valence-corrected chi connectivity index (χ4v) is 5.19. The van der Waals surface area contributed by atoms with Crippen LogP contribution in [-0.2, 0) is 13.2 Å². The minimum atomic E-state index is -0.601. The van der Waals surface area contributed by atoms with E-state index in [1.165, 1.54) is 0 Å². The molecule has 0 saturated heterocycles. The molecule has 0 N–H and O–H groups in total. The van der Waals surface area contributed by atoms with Crippen LogP contribution < -0.4 is 10.2 Å². The van der Waals surface area contributed by atoms with Crippen molar-refractivity contribution in [1.82, 2.24) is 4.90 Å². The quantitative estimate of drug-likeness (QED) is 0.243. The Kier molecular flexibility index (Phi) is 6.27. The van der Waals surface area contributed by atoms with Gasteiger partial charge in [0, 0.05) is 6.54 Å². The van der Waals surface area contributed by atoms with Crippen molar-refractivity contribution in [2.45, 2.75) is 40.0 Å². The Labute approximate surface area is 227 Å². The van der Waals surface area contributed by atoms with Crippen LogP contribution >= 0.6 is 0 Å². The molecular weight excluding hydrogens is 486 g/mol. The van der Waals surface area contributed by atoms with Gasteiger partial charge in [0.2, 0.25) is 5.76 Å². The molecule has 5 aromatic rings. The standard InChI is InChI=1S/C34H29NO4/c1-21-12-14-24(15-13-21)19-35-31(26-10-7-11-27(18-26)38-20-25-8-5-4-6-9-25)30-32(36)28-16-22(2)23(3)17-29(28)39-33(30)34(35)37/h4-18,31H,19-20H2,1-3H3. The van der Waals surface area contributed by atoms with E-state index in [1.54, 1.807) is 4.90 Å². The average molecular weight is 516 g/mol. The fourth-order valence-electron chi connectivity index (χ4n) is 5.19. The van der Waals surface area contributed by atoms with Gasteiger partial charge in [0.25, 0.3) is 5.91 Å².